The molecule has 4 saturated heterocycles. The normalized spacial score (nSPS) is 17.5. The summed E-state index contributed by atoms with van der Waals surface area (Å²) in [5.41, 5.74) is 9.63. The quantitative estimate of drug-likeness (QED) is 0.0107. The second-order valence-corrected chi connectivity index (χ2v) is 21.5. The molecule has 4 aliphatic rings. The van der Waals surface area contributed by atoms with Gasteiger partial charge in [0.25, 0.3) is 23.6 Å². The maximum absolute atomic E-state index is 11.8. The molecule has 0 spiro atoms. The van der Waals surface area contributed by atoms with Gasteiger partial charge in [-0.15, -0.1) is 6.58 Å². The average Bonchev–Trinajstić information content (AvgIpc) is 1.17. The number of nitrogens with one attached hydrogen (secondary N) is 2. The van der Waals surface area contributed by atoms with Crippen molar-refractivity contribution in [2.75, 3.05) is 50.6 Å². The molecule has 0 unspecified atom stereocenters. The van der Waals surface area contributed by atoms with Crippen LogP contribution in [0.3, 0.4) is 0 Å². The Bertz CT molecular complexity index is 3920. The number of amides is 4. The molecule has 106 heavy (non-hydrogen) atoms. The minimum atomic E-state index is -1.05. The van der Waals surface area contributed by atoms with Crippen molar-refractivity contribution in [2.45, 2.75) is 62.4 Å². The number of allylic oxidation sites excluding steroid dienone is 1. The van der Waals surface area contributed by atoms with E-state index < -0.39 is 48.3 Å². The molecule has 28 nitrogen and oxygen atoms in total. The Balaban J connectivity index is 0.00000120. The number of aliphatic hydroxyl groups is 5. The summed E-state index contributed by atoms with van der Waals surface area (Å²) in [7, 11) is 6.44. The zero-order valence-corrected chi connectivity index (χ0v) is 81.5. The Morgan fingerprint density at radius 2 is 0.802 bits per heavy atom. The summed E-state index contributed by atoms with van der Waals surface area (Å²) in [6.45, 7) is 6.93. The largest absolute Gasteiger partial charge is 1.00 e. The summed E-state index contributed by atoms with van der Waals surface area (Å²) in [5.74, 6) is 5.21. The third kappa shape index (κ3) is 31.8. The topological polar surface area (TPSA) is 418 Å². The predicted molar refractivity (Wildman–Crippen MR) is 368 cm³/mol. The predicted octanol–water partition coefficient (Wildman–Crippen LogP) is 6.66. The number of hydrogen-bond donors (Lipinski definition) is 8. The first-order valence-electron chi connectivity index (χ1n) is 30.1. The SMILES string of the molecule is C=C(C)C.COc1ccc(N)cc1.COc1ccc(N2C(=O)[C@H](O)[C@@H]2c2ccco2)cc1.COc1ccc(N2C(=O)[C@H](O)[C@@H]2c2ccco2)cc1.COc1ccc(N=Cc2ccco2)cc1.O=C(Cl)CO.O=C1N[C@@H](c2ccco2)[C@H]1O.O=C1N[C@@H](c2ccco2)[C@H]1O.O=Cc1ccco1.[Ac].[Ac].[Ac].[Ac].[K+].[OH-]. The number of aldehydes is 1. The molecule has 0 saturated carbocycles. The summed E-state index contributed by atoms with van der Waals surface area (Å²) < 4.78 is 50.4. The van der Waals surface area contributed by atoms with Crippen LogP contribution >= 0.6 is 11.6 Å². The van der Waals surface area contributed by atoms with Crippen LogP contribution in [0.2, 0.25) is 0 Å². The van der Waals surface area contributed by atoms with Crippen LogP contribution < -0.4 is 96.5 Å². The fraction of sp³-hybridized carbons (Fsp3) is 0.208. The number of nitrogens with two attached hydrogens (primary N) is 1. The van der Waals surface area contributed by atoms with E-state index in [1.165, 1.54) is 46.7 Å². The van der Waals surface area contributed by atoms with Gasteiger partial charge in [0.05, 0.1) is 77.9 Å². The van der Waals surface area contributed by atoms with E-state index in [9.17, 15) is 39.0 Å². The van der Waals surface area contributed by atoms with Crippen LogP contribution in [0.5, 0.6) is 23.0 Å². The molecule has 10 aromatic rings. The molecule has 4 amide bonds. The number of furan rings is 6. The number of hydrogen-bond acceptors (Lipinski definition) is 24. The number of carbonyl (C=O) groups excluding carboxylic acids is 6. The molecular formula is C72H76Ac4ClKN6O22. The maximum Gasteiger partial charge on any atom is 1.00 e. The van der Waals surface area contributed by atoms with Gasteiger partial charge in [-0.3, -0.25) is 43.6 Å². The first kappa shape index (κ1) is 102. The number of carbonyl (C=O) groups is 6. The number of halogens is 1. The van der Waals surface area contributed by atoms with Crippen molar-refractivity contribution in [1.29, 1.82) is 0 Å². The molecule has 0 bridgehead atoms. The number of benzene rings is 4. The van der Waals surface area contributed by atoms with Gasteiger partial charge in [0.1, 0.15) is 82.6 Å². The number of ether oxygens (including phenoxy) is 4. The molecule has 4 aromatic carbocycles. The Morgan fingerprint density at radius 1 is 0.509 bits per heavy atom. The summed E-state index contributed by atoms with van der Waals surface area (Å²) >= 11 is 4.57. The smallest absolute Gasteiger partial charge is 0.870 e. The number of methoxy groups -OCH3 is 4. The average molecular weight is 2360 g/mol. The summed E-state index contributed by atoms with van der Waals surface area (Å²) in [6.07, 6.45) is 7.51. The van der Waals surface area contributed by atoms with Gasteiger partial charge in [-0.1, -0.05) is 5.57 Å². The van der Waals surface area contributed by atoms with Crippen LogP contribution in [0.15, 0.2) is 251 Å². The van der Waals surface area contributed by atoms with Gasteiger partial charge >= 0.3 is 51.4 Å². The third-order valence-corrected chi connectivity index (χ3v) is 13.9. The molecule has 10 heterocycles. The summed E-state index contributed by atoms with van der Waals surface area (Å²) in [6, 6.07) is 48.1. The van der Waals surface area contributed by atoms with E-state index in [1.807, 2.05) is 62.4 Å². The van der Waals surface area contributed by atoms with Gasteiger partial charge in [-0.2, -0.15) is 0 Å². The number of aliphatic imine (C=N–C) groups is 1. The molecule has 4 aliphatic heterocycles. The van der Waals surface area contributed by atoms with Gasteiger partial charge in [0, 0.05) is 193 Å². The minimum absolute atomic E-state index is 0. The molecule has 34 heteroatoms. The van der Waals surface area contributed by atoms with E-state index in [1.54, 1.807) is 162 Å². The number of β-lactam (4-membered cyclic amide) rings is 4. The number of anilines is 3. The minimum Gasteiger partial charge on any atom is -0.870 e. The van der Waals surface area contributed by atoms with Crippen molar-refractivity contribution in [3.8, 4) is 23.0 Å². The van der Waals surface area contributed by atoms with Gasteiger partial charge in [-0.05, 0) is 195 Å². The van der Waals surface area contributed by atoms with Gasteiger partial charge < -0.3 is 92.8 Å². The molecule has 6 aromatic heterocycles. The summed E-state index contributed by atoms with van der Waals surface area (Å²) in [4.78, 5) is 71.1. The molecule has 8 atom stereocenters. The van der Waals surface area contributed by atoms with E-state index >= 15 is 0 Å². The Kier molecular flexibility index (Phi) is 52.1. The second-order valence-electron chi connectivity index (χ2n) is 21.1. The Hall–Kier alpha value is -4.36. The van der Waals surface area contributed by atoms with Gasteiger partial charge in [-0.25, -0.2) is 0 Å². The van der Waals surface area contributed by atoms with Crippen molar-refractivity contribution in [2.24, 2.45) is 4.99 Å². The van der Waals surface area contributed by atoms with E-state index in [2.05, 4.69) is 38.2 Å². The maximum atomic E-state index is 11.8. The van der Waals surface area contributed by atoms with Crippen molar-refractivity contribution < 1.29 is 333 Å². The molecule has 4 radical (unpaired) electrons. The fourth-order valence-corrected chi connectivity index (χ4v) is 8.76. The van der Waals surface area contributed by atoms with Crippen LogP contribution in [0.1, 0.15) is 77.4 Å². The zero-order valence-electron chi connectivity index (χ0n) is 58.6. The molecule has 546 valence electrons. The van der Waals surface area contributed by atoms with Gasteiger partial charge in [0.15, 0.2) is 36.5 Å². The van der Waals surface area contributed by atoms with Crippen LogP contribution in [0, 0.1) is 176 Å². The van der Waals surface area contributed by atoms with E-state index in [4.69, 9.17) is 62.1 Å². The van der Waals surface area contributed by atoms with E-state index in [-0.39, 0.29) is 269 Å². The van der Waals surface area contributed by atoms with Gasteiger partial charge in [0.2, 0.25) is 5.24 Å². The van der Waals surface area contributed by atoms with E-state index in [0.717, 1.165) is 28.6 Å². The third-order valence-electron chi connectivity index (χ3n) is 13.8. The first-order chi connectivity index (χ1) is 48.2. The monoisotopic (exact) mass is 2360 g/mol. The Morgan fingerprint density at radius 3 is 1.06 bits per heavy atom. The van der Waals surface area contributed by atoms with Crippen molar-refractivity contribution in [1.82, 2.24) is 10.6 Å². The number of nitrogens with zero attached hydrogens (tertiary/aromatic N) is 3. The van der Waals surface area contributed by atoms with Crippen LogP contribution in [0.25, 0.3) is 0 Å². The number of aliphatic hydroxyl groups excluding tert-OH is 5. The van der Waals surface area contributed by atoms with Crippen molar-refractivity contribution in [3.05, 3.63) is 254 Å². The second kappa shape index (κ2) is 54.3. The number of nitrogen functional groups attached to an aromatic ring is 1. The molecule has 10 N–H and O–H groups in total. The van der Waals surface area contributed by atoms with Crippen LogP contribution in [-0.4, -0.2) is 132 Å². The fourth-order valence-electron chi connectivity index (χ4n) is 8.76. The summed E-state index contributed by atoms with van der Waals surface area (Å²) in [5, 5.41) is 49.7. The van der Waals surface area contributed by atoms with Crippen molar-refractivity contribution in [3.63, 3.8) is 0 Å². The molecule has 14 rings (SSSR count). The Labute approximate surface area is 801 Å². The number of rotatable bonds is 14. The first-order valence-corrected chi connectivity index (χ1v) is 30.5. The molecule has 0 aliphatic carbocycles. The standard InChI is InChI=1S/2C14H13NO4.C12H11NO2.2C7H7NO3.C7H9NO.C5H4O2.C4H8.C2H3ClO2.4Ac.K.H2O/c2*1-18-10-6-4-9(5-7-10)15-12(13(16)14(15)17)11-3-2-8-19-11;1-14-11-6-4-10(5-7-11)13-9-12-3-2-8-15-12;2*9-6-5(8-7(6)10)4-2-1-3-11-4;1-9-7-4-2-6(8)3-5-7;6-4-5-2-1-3-7-5;1-4(2)3;3-2(5)1-4;;;;;;/h2*2-8,12-13,16H,1H3;2-9H,1H3;2*1-3,5-6,9H,(H,8,10);2-5H,8H2,1H3;1-4H;1H2,2-3H3;4H,1H2;;;;;;1H2/q;;;;;;;;;;;;;+1;/p-1/t2*12-,13+;;2*5-,6+;;;;;;;;;;/m00.00........../s1. The van der Waals surface area contributed by atoms with Crippen LogP contribution in [-0.2, 0) is 24.0 Å². The van der Waals surface area contributed by atoms with E-state index in [0.29, 0.717) is 58.0 Å². The molecular weight excluding hydrogens is 2280 g/mol. The zero-order chi connectivity index (χ0) is 72.7. The van der Waals surface area contributed by atoms with Crippen LogP contribution in [0.4, 0.5) is 22.7 Å². The molecule has 4 fully saturated rings. The van der Waals surface area contributed by atoms with Crippen molar-refractivity contribution >= 4 is 75.7 Å².